The molecule has 0 saturated heterocycles. The first-order valence-corrected chi connectivity index (χ1v) is 6.27. The Morgan fingerprint density at radius 3 is 2.78 bits per heavy atom. The number of hydrogen-bond acceptors (Lipinski definition) is 3. The lowest BCUT2D eigenvalue weighted by molar-refractivity contribution is 0.533. The van der Waals surface area contributed by atoms with Crippen molar-refractivity contribution in [3.05, 3.63) is 47.5 Å². The summed E-state index contributed by atoms with van der Waals surface area (Å²) in [5.74, 6) is 0. The highest BCUT2D eigenvalue weighted by Gasteiger charge is 2.12. The number of aryl methyl sites for hydroxylation is 3. The van der Waals surface area contributed by atoms with E-state index >= 15 is 0 Å². The first kappa shape index (κ1) is 12.8. The molecule has 96 valence electrons. The second-order valence-corrected chi connectivity index (χ2v) is 4.56. The molecule has 0 amide bonds. The molecule has 2 aromatic heterocycles. The van der Waals surface area contributed by atoms with Gasteiger partial charge in [-0.1, -0.05) is 0 Å². The Balaban J connectivity index is 2.07. The minimum absolute atomic E-state index is 0.364. The summed E-state index contributed by atoms with van der Waals surface area (Å²) in [7, 11) is 4.00. The van der Waals surface area contributed by atoms with Gasteiger partial charge >= 0.3 is 0 Å². The Kier molecular flexibility index (Phi) is 4.10. The van der Waals surface area contributed by atoms with Gasteiger partial charge in [-0.3, -0.25) is 9.67 Å². The smallest absolute Gasteiger partial charge is 0.0492 e. The van der Waals surface area contributed by atoms with Crippen LogP contribution in [-0.2, 0) is 13.5 Å². The zero-order chi connectivity index (χ0) is 13.0. The monoisotopic (exact) mass is 244 g/mol. The van der Waals surface area contributed by atoms with E-state index in [1.807, 2.05) is 37.4 Å². The van der Waals surface area contributed by atoms with Crippen molar-refractivity contribution >= 4 is 0 Å². The SMILES string of the molecule is CNC(CCc1ccnn1C)c1ccncc1C. The molecule has 2 heterocycles. The quantitative estimate of drug-likeness (QED) is 0.875. The van der Waals surface area contributed by atoms with Crippen LogP contribution in [0.25, 0.3) is 0 Å². The number of nitrogens with zero attached hydrogens (tertiary/aromatic N) is 3. The lowest BCUT2D eigenvalue weighted by atomic mass is 9.98. The Hall–Kier alpha value is -1.68. The van der Waals surface area contributed by atoms with Crippen LogP contribution in [0.1, 0.15) is 29.3 Å². The van der Waals surface area contributed by atoms with Crippen molar-refractivity contribution in [1.82, 2.24) is 20.1 Å². The lowest BCUT2D eigenvalue weighted by Gasteiger charge is -2.18. The summed E-state index contributed by atoms with van der Waals surface area (Å²) in [5.41, 5.74) is 3.83. The average Bonchev–Trinajstić information content (AvgIpc) is 2.78. The van der Waals surface area contributed by atoms with E-state index in [-0.39, 0.29) is 0 Å². The first-order chi connectivity index (χ1) is 8.72. The Labute approximate surface area is 108 Å². The van der Waals surface area contributed by atoms with E-state index in [0.717, 1.165) is 12.8 Å². The van der Waals surface area contributed by atoms with E-state index < -0.39 is 0 Å². The molecule has 2 aromatic rings. The number of pyridine rings is 1. The van der Waals surface area contributed by atoms with Crippen molar-refractivity contribution < 1.29 is 0 Å². The van der Waals surface area contributed by atoms with Gasteiger partial charge in [0.15, 0.2) is 0 Å². The van der Waals surface area contributed by atoms with Crippen LogP contribution in [0, 0.1) is 6.92 Å². The van der Waals surface area contributed by atoms with E-state index in [4.69, 9.17) is 0 Å². The maximum Gasteiger partial charge on any atom is 0.0492 e. The van der Waals surface area contributed by atoms with E-state index in [1.165, 1.54) is 16.8 Å². The fraction of sp³-hybridized carbons (Fsp3) is 0.429. The highest BCUT2D eigenvalue weighted by Crippen LogP contribution is 2.21. The molecule has 4 nitrogen and oxygen atoms in total. The summed E-state index contributed by atoms with van der Waals surface area (Å²) in [6.07, 6.45) is 7.70. The summed E-state index contributed by atoms with van der Waals surface area (Å²) >= 11 is 0. The molecule has 1 unspecified atom stereocenters. The van der Waals surface area contributed by atoms with Crippen molar-refractivity contribution in [1.29, 1.82) is 0 Å². The maximum absolute atomic E-state index is 4.20. The molecule has 1 atom stereocenters. The van der Waals surface area contributed by atoms with Crippen LogP contribution in [0.5, 0.6) is 0 Å². The van der Waals surface area contributed by atoms with Gasteiger partial charge < -0.3 is 5.32 Å². The zero-order valence-electron chi connectivity index (χ0n) is 11.2. The van der Waals surface area contributed by atoms with Crippen molar-refractivity contribution in [2.75, 3.05) is 7.05 Å². The summed E-state index contributed by atoms with van der Waals surface area (Å²) < 4.78 is 1.94. The van der Waals surface area contributed by atoms with Crippen LogP contribution >= 0.6 is 0 Å². The van der Waals surface area contributed by atoms with Crippen molar-refractivity contribution in [2.45, 2.75) is 25.8 Å². The van der Waals surface area contributed by atoms with E-state index in [9.17, 15) is 0 Å². The number of hydrogen-bond donors (Lipinski definition) is 1. The summed E-state index contributed by atoms with van der Waals surface area (Å²) in [5, 5.41) is 7.58. The van der Waals surface area contributed by atoms with Gasteiger partial charge in [-0.2, -0.15) is 5.10 Å². The van der Waals surface area contributed by atoms with E-state index in [1.54, 1.807) is 0 Å². The average molecular weight is 244 g/mol. The third-order valence-electron chi connectivity index (χ3n) is 3.40. The Bertz CT molecular complexity index is 504. The molecule has 0 aromatic carbocycles. The van der Waals surface area contributed by atoms with Gasteiger partial charge in [0, 0.05) is 37.4 Å². The Morgan fingerprint density at radius 2 is 2.17 bits per heavy atom. The number of rotatable bonds is 5. The van der Waals surface area contributed by atoms with Crippen molar-refractivity contribution in [3.8, 4) is 0 Å². The third kappa shape index (κ3) is 2.76. The molecule has 2 rings (SSSR count). The molecule has 0 saturated carbocycles. The molecule has 0 fully saturated rings. The highest BCUT2D eigenvalue weighted by atomic mass is 15.2. The zero-order valence-corrected chi connectivity index (χ0v) is 11.2. The lowest BCUT2D eigenvalue weighted by Crippen LogP contribution is -2.18. The van der Waals surface area contributed by atoms with Gasteiger partial charge in [-0.15, -0.1) is 0 Å². The number of nitrogens with one attached hydrogen (secondary N) is 1. The molecule has 18 heavy (non-hydrogen) atoms. The fourth-order valence-electron chi connectivity index (χ4n) is 2.27. The topological polar surface area (TPSA) is 42.7 Å². The van der Waals surface area contributed by atoms with Crippen molar-refractivity contribution in [2.24, 2.45) is 7.05 Å². The van der Waals surface area contributed by atoms with Crippen LogP contribution in [0.2, 0.25) is 0 Å². The summed E-state index contributed by atoms with van der Waals surface area (Å²) in [6.45, 7) is 2.11. The van der Waals surface area contributed by atoms with E-state index in [0.29, 0.717) is 6.04 Å². The van der Waals surface area contributed by atoms with Gasteiger partial charge in [0.25, 0.3) is 0 Å². The molecule has 0 aliphatic carbocycles. The second-order valence-electron chi connectivity index (χ2n) is 4.56. The fourth-order valence-corrected chi connectivity index (χ4v) is 2.27. The normalized spacial score (nSPS) is 12.6. The predicted octanol–water partition coefficient (Wildman–Crippen LogP) is 2.02. The minimum atomic E-state index is 0.364. The van der Waals surface area contributed by atoms with Crippen LogP contribution < -0.4 is 5.32 Å². The maximum atomic E-state index is 4.20. The van der Waals surface area contributed by atoms with Crippen LogP contribution in [0.3, 0.4) is 0 Å². The van der Waals surface area contributed by atoms with E-state index in [2.05, 4.69) is 34.5 Å². The molecular weight excluding hydrogens is 224 g/mol. The molecule has 1 N–H and O–H groups in total. The van der Waals surface area contributed by atoms with Crippen LogP contribution in [0.15, 0.2) is 30.7 Å². The molecule has 0 radical (unpaired) electrons. The van der Waals surface area contributed by atoms with Gasteiger partial charge in [-0.05, 0) is 50.1 Å². The molecule has 0 spiro atoms. The van der Waals surface area contributed by atoms with Gasteiger partial charge in [0.2, 0.25) is 0 Å². The first-order valence-electron chi connectivity index (χ1n) is 6.27. The van der Waals surface area contributed by atoms with Crippen molar-refractivity contribution in [3.63, 3.8) is 0 Å². The highest BCUT2D eigenvalue weighted by molar-refractivity contribution is 5.25. The molecule has 0 aliphatic heterocycles. The minimum Gasteiger partial charge on any atom is -0.313 e. The third-order valence-corrected chi connectivity index (χ3v) is 3.40. The van der Waals surface area contributed by atoms with Gasteiger partial charge in [-0.25, -0.2) is 0 Å². The Morgan fingerprint density at radius 1 is 1.33 bits per heavy atom. The van der Waals surface area contributed by atoms with Gasteiger partial charge in [0.05, 0.1) is 0 Å². The molecule has 4 heteroatoms. The largest absolute Gasteiger partial charge is 0.313 e. The number of aromatic nitrogens is 3. The predicted molar refractivity (Wildman–Crippen MR) is 72.3 cm³/mol. The summed E-state index contributed by atoms with van der Waals surface area (Å²) in [6, 6.07) is 4.54. The van der Waals surface area contributed by atoms with Crippen LogP contribution in [0.4, 0.5) is 0 Å². The molecule has 0 aliphatic rings. The van der Waals surface area contributed by atoms with Gasteiger partial charge in [0.1, 0.15) is 0 Å². The van der Waals surface area contributed by atoms with Crippen LogP contribution in [-0.4, -0.2) is 21.8 Å². The molecule has 0 bridgehead atoms. The second kappa shape index (κ2) is 5.78. The summed E-state index contributed by atoms with van der Waals surface area (Å²) in [4.78, 5) is 4.14. The molecular formula is C14H20N4. The standard InChI is InChI=1S/C14H20N4/c1-11-10-16-8-7-13(11)14(15-2)5-4-12-6-9-17-18(12)3/h6-10,14-15H,4-5H2,1-3H3.